The lowest BCUT2D eigenvalue weighted by Crippen LogP contribution is -2.61. The van der Waals surface area contributed by atoms with Crippen molar-refractivity contribution in [2.45, 2.75) is 166 Å². The summed E-state index contributed by atoms with van der Waals surface area (Å²) in [6.45, 7) is 14.0. The van der Waals surface area contributed by atoms with E-state index < -0.39 is 78.3 Å². The van der Waals surface area contributed by atoms with Gasteiger partial charge in [0.25, 0.3) is 0 Å². The van der Waals surface area contributed by atoms with Gasteiger partial charge in [-0.25, -0.2) is 0 Å². The molecule has 0 saturated carbocycles. The normalized spacial score (nSPS) is 50.5. The maximum Gasteiger partial charge on any atom is 0.316 e. The molecule has 6 rings (SSSR count). The topological polar surface area (TPSA) is 179 Å². The smallest absolute Gasteiger partial charge is 0.316 e. The van der Waals surface area contributed by atoms with Gasteiger partial charge in [-0.1, -0.05) is 64.5 Å². The van der Waals surface area contributed by atoms with E-state index in [9.17, 15) is 25.2 Å². The van der Waals surface area contributed by atoms with Gasteiger partial charge in [-0.3, -0.25) is 4.79 Å². The molecular weight excluding hydrogens is 670 g/mol. The summed E-state index contributed by atoms with van der Waals surface area (Å²) in [6.07, 6.45) is 4.91. The fourth-order valence-corrected chi connectivity index (χ4v) is 9.08. The lowest BCUT2D eigenvalue weighted by molar-refractivity contribution is -0.340. The van der Waals surface area contributed by atoms with E-state index in [2.05, 4.69) is 26.8 Å². The summed E-state index contributed by atoms with van der Waals surface area (Å²) < 4.78 is 38.5. The second kappa shape index (κ2) is 15.6. The zero-order chi connectivity index (χ0) is 37.7. The first-order valence-corrected chi connectivity index (χ1v) is 19.3. The summed E-state index contributed by atoms with van der Waals surface area (Å²) in [5, 5.41) is 45.0. The third kappa shape index (κ3) is 7.50. The summed E-state index contributed by atoms with van der Waals surface area (Å²) in [5.41, 5.74) is 6.07. The van der Waals surface area contributed by atoms with Crippen molar-refractivity contribution in [1.29, 1.82) is 0 Å². The maximum absolute atomic E-state index is 14.2. The number of esters is 1. The number of hydrogen-bond donors (Lipinski definition) is 5. The molecule has 292 valence electrons. The van der Waals surface area contributed by atoms with Crippen molar-refractivity contribution >= 4 is 5.97 Å². The summed E-state index contributed by atoms with van der Waals surface area (Å²) in [7, 11) is 0. The monoisotopic (exact) mass is 731 g/mol. The molecule has 52 heavy (non-hydrogen) atoms. The summed E-state index contributed by atoms with van der Waals surface area (Å²) in [6, 6.07) is -0.765. The van der Waals surface area contributed by atoms with Crippen LogP contribution in [0.25, 0.3) is 0 Å². The average molecular weight is 732 g/mol. The Morgan fingerprint density at radius 3 is 2.56 bits per heavy atom. The van der Waals surface area contributed by atoms with Crippen LogP contribution in [0.3, 0.4) is 0 Å². The Morgan fingerprint density at radius 1 is 1.08 bits per heavy atom. The standard InChI is InChI=1S/C40H61NO11/c1-8-20(2)35-23(5)14-15-39(52-35)18-28-17-27(51-39)13-12-22(4)34(50-38-33(44)32(43)30(41)25(7)48-38)21(3)10-9-11-26-19-47-36-31(42)24(6)16-29(37(45)49-28)40(26,36)46/h9-12,16,20-21,23,25,27-36,38,42-44,46H,8,13-15,17-19,41H2,1-7H3/b10-9+,22-12+,26-11+/t20-,21-,23-,25+,27+,28-,29-,30+,31+,32-,33+,34-,35+,36+,38-,39+,40+/m0/s1. The van der Waals surface area contributed by atoms with Crippen LogP contribution in [0.4, 0.5) is 0 Å². The van der Waals surface area contributed by atoms with Gasteiger partial charge >= 0.3 is 5.97 Å². The predicted molar refractivity (Wildman–Crippen MR) is 191 cm³/mol. The molecule has 6 aliphatic rings. The molecule has 12 nitrogen and oxygen atoms in total. The molecule has 0 aromatic rings. The van der Waals surface area contributed by atoms with Gasteiger partial charge in [0.15, 0.2) is 12.1 Å². The number of fused-ring (bicyclic) bond motifs is 2. The minimum Gasteiger partial charge on any atom is -0.462 e. The molecule has 0 aromatic heterocycles. The summed E-state index contributed by atoms with van der Waals surface area (Å²) >= 11 is 0. The van der Waals surface area contributed by atoms with E-state index in [-0.39, 0.29) is 24.7 Å². The molecule has 5 heterocycles. The minimum absolute atomic E-state index is 0.0163. The zero-order valence-electron chi connectivity index (χ0n) is 31.7. The fourth-order valence-electron chi connectivity index (χ4n) is 9.08. The largest absolute Gasteiger partial charge is 0.462 e. The number of aliphatic hydroxyl groups excluding tert-OH is 3. The van der Waals surface area contributed by atoms with E-state index in [0.29, 0.717) is 48.7 Å². The van der Waals surface area contributed by atoms with Gasteiger partial charge in [-0.05, 0) is 62.2 Å². The number of nitrogens with two attached hydrogens (primary N) is 1. The molecule has 1 aliphatic carbocycles. The van der Waals surface area contributed by atoms with E-state index in [0.717, 1.165) is 18.4 Å². The van der Waals surface area contributed by atoms with Crippen molar-refractivity contribution in [2.75, 3.05) is 6.61 Å². The number of rotatable bonds is 4. The Hall–Kier alpha value is -1.97. The lowest BCUT2D eigenvalue weighted by Gasteiger charge is -2.51. The van der Waals surface area contributed by atoms with Crippen molar-refractivity contribution in [3.8, 4) is 0 Å². The highest BCUT2D eigenvalue weighted by Crippen LogP contribution is 2.48. The number of allylic oxidation sites excluding steroid dienone is 2. The van der Waals surface area contributed by atoms with Crippen LogP contribution in [0.2, 0.25) is 0 Å². The first-order chi connectivity index (χ1) is 24.6. The van der Waals surface area contributed by atoms with Gasteiger partial charge in [0.05, 0.1) is 37.1 Å². The highest BCUT2D eigenvalue weighted by Gasteiger charge is 2.60. The van der Waals surface area contributed by atoms with Gasteiger partial charge < -0.3 is 54.6 Å². The first kappa shape index (κ1) is 39.7. The predicted octanol–water partition coefficient (Wildman–Crippen LogP) is 3.35. The van der Waals surface area contributed by atoms with Gasteiger partial charge in [0, 0.05) is 25.2 Å². The quantitative estimate of drug-likeness (QED) is 0.211. The fraction of sp³-hybridized carbons (Fsp3) is 0.775. The zero-order valence-corrected chi connectivity index (χ0v) is 31.7. The van der Waals surface area contributed by atoms with Crippen molar-refractivity contribution in [1.82, 2.24) is 0 Å². The van der Waals surface area contributed by atoms with Gasteiger partial charge in [0.1, 0.15) is 42.0 Å². The molecule has 4 saturated heterocycles. The van der Waals surface area contributed by atoms with Crippen LogP contribution in [0.15, 0.2) is 47.1 Å². The van der Waals surface area contributed by atoms with Crippen molar-refractivity contribution in [2.24, 2.45) is 29.4 Å². The lowest BCUT2D eigenvalue weighted by atomic mass is 9.71. The van der Waals surface area contributed by atoms with E-state index >= 15 is 0 Å². The van der Waals surface area contributed by atoms with E-state index in [1.165, 1.54) is 0 Å². The highest BCUT2D eigenvalue weighted by molar-refractivity contribution is 5.78. The minimum atomic E-state index is -1.84. The summed E-state index contributed by atoms with van der Waals surface area (Å²) in [5.74, 6) is -2.25. The Bertz CT molecular complexity index is 1430. The first-order valence-electron chi connectivity index (χ1n) is 19.3. The molecule has 2 bridgehead atoms. The van der Waals surface area contributed by atoms with Gasteiger partial charge in [0.2, 0.25) is 0 Å². The number of hydrogen-bond acceptors (Lipinski definition) is 12. The average Bonchev–Trinajstić information content (AvgIpc) is 3.45. The number of carbonyl (C=O) groups is 1. The Kier molecular flexibility index (Phi) is 11.9. The maximum atomic E-state index is 14.2. The molecule has 0 radical (unpaired) electrons. The Labute approximate surface area is 308 Å². The molecule has 0 unspecified atom stereocenters. The van der Waals surface area contributed by atoms with Crippen LogP contribution in [0, 0.1) is 23.7 Å². The highest BCUT2D eigenvalue weighted by atomic mass is 16.7. The molecule has 12 heteroatoms. The molecule has 5 aliphatic heterocycles. The SMILES string of the molecule is CC[C@H](C)[C@H]1O[C@]2(CC[C@@H]1C)C[C@@H]1C[C@@H](C/C=C(\C)[C@@H](O[C@@H]3O[C@H](C)[C@@H](N)[C@H](O)[C@H]3O)[C@@H](C)/C=C/C=C3\CO[C@@H]4[C@H](O)C(C)=C[C@@H](C(=O)O1)[C@]34O)O2. The Morgan fingerprint density at radius 2 is 1.83 bits per heavy atom. The summed E-state index contributed by atoms with van der Waals surface area (Å²) in [4.78, 5) is 14.2. The van der Waals surface area contributed by atoms with Crippen molar-refractivity contribution in [3.63, 3.8) is 0 Å². The van der Waals surface area contributed by atoms with Crippen LogP contribution in [-0.4, -0.2) is 112 Å². The third-order valence-electron chi connectivity index (χ3n) is 12.6. The number of ether oxygens (including phenoxy) is 6. The van der Waals surface area contributed by atoms with Gasteiger partial charge in [-0.15, -0.1) is 0 Å². The van der Waals surface area contributed by atoms with Crippen LogP contribution in [0.5, 0.6) is 0 Å². The molecule has 4 fully saturated rings. The number of carbonyl (C=O) groups excluding carboxylic acids is 1. The van der Waals surface area contributed by atoms with Crippen LogP contribution in [0.1, 0.15) is 87.0 Å². The Balaban J connectivity index is 1.39. The molecular formula is C40H61NO11. The van der Waals surface area contributed by atoms with Gasteiger partial charge in [-0.2, -0.15) is 0 Å². The van der Waals surface area contributed by atoms with E-state index in [4.69, 9.17) is 34.2 Å². The molecule has 17 atom stereocenters. The van der Waals surface area contributed by atoms with Crippen LogP contribution in [-0.2, 0) is 33.2 Å². The van der Waals surface area contributed by atoms with Crippen molar-refractivity contribution in [3.05, 3.63) is 47.1 Å². The van der Waals surface area contributed by atoms with E-state index in [1.807, 2.05) is 19.9 Å². The number of aliphatic hydroxyl groups is 4. The van der Waals surface area contributed by atoms with Crippen LogP contribution >= 0.6 is 0 Å². The molecule has 6 N–H and O–H groups in total. The second-order valence-electron chi connectivity index (χ2n) is 16.5. The molecule has 0 amide bonds. The van der Waals surface area contributed by atoms with Crippen LogP contribution < -0.4 is 5.73 Å². The van der Waals surface area contributed by atoms with Crippen molar-refractivity contribution < 1.29 is 53.6 Å². The van der Waals surface area contributed by atoms with E-state index in [1.54, 1.807) is 32.1 Å². The second-order valence-corrected chi connectivity index (χ2v) is 16.5. The molecule has 0 aromatic carbocycles. The third-order valence-corrected chi connectivity index (χ3v) is 12.6. The molecule has 1 spiro atoms.